The van der Waals surface area contributed by atoms with Crippen LogP contribution < -0.4 is 14.8 Å². The quantitative estimate of drug-likeness (QED) is 0.257. The summed E-state index contributed by atoms with van der Waals surface area (Å²) < 4.78 is 16.1. The minimum Gasteiger partial charge on any atom is -0.497 e. The molecule has 4 rings (SSSR count). The van der Waals surface area contributed by atoms with Crippen LogP contribution in [-0.4, -0.2) is 37.1 Å². The summed E-state index contributed by atoms with van der Waals surface area (Å²) >= 11 is 0. The van der Waals surface area contributed by atoms with Crippen LogP contribution in [0.4, 0.5) is 0 Å². The Morgan fingerprint density at radius 2 is 1.74 bits per heavy atom. The van der Waals surface area contributed by atoms with Crippen molar-refractivity contribution < 1.29 is 28.6 Å². The van der Waals surface area contributed by atoms with Crippen LogP contribution in [0.25, 0.3) is 0 Å². The zero-order valence-electron chi connectivity index (χ0n) is 19.2. The van der Waals surface area contributed by atoms with Crippen LogP contribution in [0.2, 0.25) is 0 Å². The molecule has 3 aromatic rings. The number of para-hydroxylation sites is 1. The summed E-state index contributed by atoms with van der Waals surface area (Å²) in [6.07, 6.45) is 5.50. The molecule has 0 aliphatic carbocycles. The van der Waals surface area contributed by atoms with Gasteiger partial charge in [-0.1, -0.05) is 36.3 Å². The second-order valence-corrected chi connectivity index (χ2v) is 7.84. The first-order valence-electron chi connectivity index (χ1n) is 11.0. The van der Waals surface area contributed by atoms with Gasteiger partial charge in [0.25, 0.3) is 5.91 Å². The lowest BCUT2D eigenvalue weighted by Crippen LogP contribution is -2.67. The zero-order valence-corrected chi connectivity index (χ0v) is 19.2. The predicted molar refractivity (Wildman–Crippen MR) is 128 cm³/mol. The fourth-order valence-corrected chi connectivity index (χ4v) is 4.16. The number of benzene rings is 3. The van der Waals surface area contributed by atoms with E-state index in [1.807, 2.05) is 0 Å². The predicted octanol–water partition coefficient (Wildman–Crippen LogP) is 3.46. The van der Waals surface area contributed by atoms with Gasteiger partial charge in [-0.25, -0.2) is 9.59 Å². The molecular formula is C28H23NO6. The van der Waals surface area contributed by atoms with E-state index in [1.165, 1.54) is 19.2 Å². The highest BCUT2D eigenvalue weighted by Crippen LogP contribution is 2.45. The number of nitrogens with one attached hydrogen (secondary N) is 1. The monoisotopic (exact) mass is 469 g/mol. The third-order valence-electron chi connectivity index (χ3n) is 5.86. The molecule has 0 radical (unpaired) electrons. The molecule has 7 nitrogen and oxygen atoms in total. The number of hydrogen-bond acceptors (Lipinski definition) is 6. The van der Waals surface area contributed by atoms with Gasteiger partial charge in [-0.3, -0.25) is 4.79 Å². The largest absolute Gasteiger partial charge is 0.497 e. The molecule has 2 atom stereocenters. The van der Waals surface area contributed by atoms with E-state index in [4.69, 9.17) is 20.6 Å². The van der Waals surface area contributed by atoms with E-state index in [2.05, 4.69) is 11.2 Å². The van der Waals surface area contributed by atoms with Gasteiger partial charge in [0.05, 0.1) is 19.6 Å². The fraction of sp³-hybridized carbons (Fsp3) is 0.179. The van der Waals surface area contributed by atoms with Crippen molar-refractivity contribution >= 4 is 17.8 Å². The minimum atomic E-state index is -2.18. The lowest BCUT2D eigenvalue weighted by atomic mass is 9.72. The fourth-order valence-electron chi connectivity index (χ4n) is 4.16. The molecule has 35 heavy (non-hydrogen) atoms. The van der Waals surface area contributed by atoms with E-state index in [1.54, 1.807) is 67.6 Å². The molecule has 1 aliphatic rings. The second kappa shape index (κ2) is 9.74. The van der Waals surface area contributed by atoms with Crippen molar-refractivity contribution in [2.24, 2.45) is 0 Å². The standard InChI is InChI=1S/C28H23NO6/c1-4-18-10-12-19(13-11-18)24-22-8-6-7-9-23(22)35-27(32)28(24,26(31)34-5-2)29-25(30)20-14-16-21(33-3)17-15-20/h1,6-17,24H,5H2,2-3H3,(H,29,30)/t24-,28-/m0/s1. The summed E-state index contributed by atoms with van der Waals surface area (Å²) in [6, 6.07) is 20.0. The van der Waals surface area contributed by atoms with E-state index in [0.717, 1.165) is 0 Å². The average molecular weight is 469 g/mol. The average Bonchev–Trinajstić information content (AvgIpc) is 2.89. The molecule has 1 aliphatic heterocycles. The smallest absolute Gasteiger partial charge is 0.350 e. The van der Waals surface area contributed by atoms with Gasteiger partial charge in [0.2, 0.25) is 5.54 Å². The normalized spacial score (nSPS) is 18.4. The maximum absolute atomic E-state index is 13.6. The topological polar surface area (TPSA) is 90.9 Å². The Kier molecular flexibility index (Phi) is 6.56. The van der Waals surface area contributed by atoms with Gasteiger partial charge in [-0.15, -0.1) is 6.42 Å². The molecule has 0 saturated carbocycles. The number of terminal acetylenes is 1. The molecule has 1 heterocycles. The van der Waals surface area contributed by atoms with Gasteiger partial charge in [0.1, 0.15) is 11.5 Å². The number of rotatable bonds is 6. The number of ether oxygens (including phenoxy) is 3. The van der Waals surface area contributed by atoms with E-state index in [0.29, 0.717) is 28.2 Å². The molecule has 3 aromatic carbocycles. The van der Waals surface area contributed by atoms with Crippen LogP contribution in [0, 0.1) is 12.3 Å². The number of esters is 2. The Balaban J connectivity index is 1.90. The lowest BCUT2D eigenvalue weighted by molar-refractivity contribution is -0.163. The van der Waals surface area contributed by atoms with Crippen molar-refractivity contribution in [3.8, 4) is 23.8 Å². The van der Waals surface area contributed by atoms with Crippen LogP contribution in [0.1, 0.15) is 39.9 Å². The number of amides is 1. The Hall–Kier alpha value is -4.57. The first kappa shape index (κ1) is 23.6. The van der Waals surface area contributed by atoms with Crippen molar-refractivity contribution in [3.05, 3.63) is 95.1 Å². The highest BCUT2D eigenvalue weighted by Gasteiger charge is 2.60. The maximum Gasteiger partial charge on any atom is 0.350 e. The molecule has 0 unspecified atom stereocenters. The van der Waals surface area contributed by atoms with Crippen molar-refractivity contribution in [1.29, 1.82) is 0 Å². The van der Waals surface area contributed by atoms with Crippen LogP contribution in [0.5, 0.6) is 11.5 Å². The third kappa shape index (κ3) is 4.22. The van der Waals surface area contributed by atoms with E-state index >= 15 is 0 Å². The van der Waals surface area contributed by atoms with Gasteiger partial charge in [0.15, 0.2) is 0 Å². The van der Waals surface area contributed by atoms with Crippen molar-refractivity contribution in [2.75, 3.05) is 13.7 Å². The first-order chi connectivity index (χ1) is 16.9. The highest BCUT2D eigenvalue weighted by atomic mass is 16.6. The highest BCUT2D eigenvalue weighted by molar-refractivity contribution is 6.13. The first-order valence-corrected chi connectivity index (χ1v) is 11.0. The van der Waals surface area contributed by atoms with Gasteiger partial charge < -0.3 is 19.5 Å². The Morgan fingerprint density at radius 1 is 1.06 bits per heavy atom. The summed E-state index contributed by atoms with van der Waals surface area (Å²) in [5.74, 6) is -0.0564. The van der Waals surface area contributed by atoms with Gasteiger partial charge >= 0.3 is 11.9 Å². The number of carbonyl (C=O) groups is 3. The van der Waals surface area contributed by atoms with E-state index in [-0.39, 0.29) is 12.2 Å². The van der Waals surface area contributed by atoms with Crippen LogP contribution in [-0.2, 0) is 14.3 Å². The molecule has 7 heteroatoms. The SMILES string of the molecule is C#Cc1ccc([C@H]2c3ccccc3OC(=O)[C@@]2(NC(=O)c2ccc(OC)cc2)C(=O)OCC)cc1. The van der Waals surface area contributed by atoms with E-state index < -0.39 is 29.3 Å². The Bertz CT molecular complexity index is 1310. The number of fused-ring (bicyclic) bond motifs is 1. The molecule has 0 saturated heterocycles. The molecule has 0 bridgehead atoms. The molecule has 1 N–H and O–H groups in total. The number of methoxy groups -OCH3 is 1. The van der Waals surface area contributed by atoms with Crippen LogP contribution in [0.3, 0.4) is 0 Å². The molecule has 0 fully saturated rings. The van der Waals surface area contributed by atoms with Gasteiger partial charge in [0, 0.05) is 16.7 Å². The van der Waals surface area contributed by atoms with Crippen molar-refractivity contribution in [2.45, 2.75) is 18.4 Å². The van der Waals surface area contributed by atoms with Crippen LogP contribution in [0.15, 0.2) is 72.8 Å². The summed E-state index contributed by atoms with van der Waals surface area (Å²) in [7, 11) is 1.51. The third-order valence-corrected chi connectivity index (χ3v) is 5.86. The molecule has 176 valence electrons. The number of hydrogen-bond donors (Lipinski definition) is 1. The van der Waals surface area contributed by atoms with Crippen molar-refractivity contribution in [1.82, 2.24) is 5.32 Å². The zero-order chi connectivity index (χ0) is 25.0. The summed E-state index contributed by atoms with van der Waals surface area (Å²) in [5, 5.41) is 2.67. The lowest BCUT2D eigenvalue weighted by Gasteiger charge is -2.41. The van der Waals surface area contributed by atoms with Gasteiger partial charge in [-0.05, 0) is 55.0 Å². The summed E-state index contributed by atoms with van der Waals surface area (Å²) in [4.78, 5) is 40.5. The maximum atomic E-state index is 13.6. The molecular weight excluding hydrogens is 446 g/mol. The van der Waals surface area contributed by atoms with Crippen molar-refractivity contribution in [3.63, 3.8) is 0 Å². The Labute approximate surface area is 203 Å². The Morgan fingerprint density at radius 3 is 2.37 bits per heavy atom. The summed E-state index contributed by atoms with van der Waals surface area (Å²) in [5.41, 5.74) is -0.203. The van der Waals surface area contributed by atoms with Crippen LogP contribution >= 0.6 is 0 Å². The minimum absolute atomic E-state index is 0.00331. The van der Waals surface area contributed by atoms with E-state index in [9.17, 15) is 14.4 Å². The molecule has 0 spiro atoms. The molecule has 0 aromatic heterocycles. The van der Waals surface area contributed by atoms with Gasteiger partial charge in [-0.2, -0.15) is 0 Å². The molecule has 1 amide bonds. The number of carbonyl (C=O) groups excluding carboxylic acids is 3. The second-order valence-electron chi connectivity index (χ2n) is 7.84. The summed E-state index contributed by atoms with van der Waals surface area (Å²) in [6.45, 7) is 1.62.